The molecule has 3 heterocycles. The zero-order valence-electron chi connectivity index (χ0n) is 14.9. The van der Waals surface area contributed by atoms with Crippen molar-refractivity contribution >= 4 is 5.82 Å². The summed E-state index contributed by atoms with van der Waals surface area (Å²) in [6.45, 7) is 2.56. The van der Waals surface area contributed by atoms with E-state index in [-0.39, 0.29) is 6.10 Å². The van der Waals surface area contributed by atoms with Crippen LogP contribution in [0.25, 0.3) is 5.69 Å². The maximum atomic E-state index is 5.74. The fraction of sp³-hybridized carbons (Fsp3) is 0.368. The second-order valence-corrected chi connectivity index (χ2v) is 6.77. The van der Waals surface area contributed by atoms with Crippen LogP contribution in [0, 0.1) is 0 Å². The van der Waals surface area contributed by atoms with Gasteiger partial charge in [-0.15, -0.1) is 0 Å². The van der Waals surface area contributed by atoms with E-state index in [1.807, 2.05) is 46.0 Å². The molecule has 7 heteroatoms. The number of methoxy groups -OCH3 is 1. The Kier molecular flexibility index (Phi) is 4.73. The van der Waals surface area contributed by atoms with Crippen molar-refractivity contribution in [3.63, 3.8) is 0 Å². The maximum absolute atomic E-state index is 5.74. The van der Waals surface area contributed by atoms with Crippen molar-refractivity contribution in [2.45, 2.75) is 31.7 Å². The van der Waals surface area contributed by atoms with Gasteiger partial charge in [-0.3, -0.25) is 9.58 Å². The van der Waals surface area contributed by atoms with Crippen molar-refractivity contribution in [3.8, 4) is 5.69 Å². The van der Waals surface area contributed by atoms with E-state index < -0.39 is 0 Å². The molecule has 3 aromatic rings. The van der Waals surface area contributed by atoms with Crippen LogP contribution in [0.4, 0.5) is 5.82 Å². The first-order valence-corrected chi connectivity index (χ1v) is 8.86. The summed E-state index contributed by atoms with van der Waals surface area (Å²) < 4.78 is 9.44. The number of benzene rings is 1. The summed E-state index contributed by atoms with van der Waals surface area (Å²) in [5.74, 6) is 0.557. The van der Waals surface area contributed by atoms with Gasteiger partial charge in [-0.1, -0.05) is 18.2 Å². The molecule has 7 nitrogen and oxygen atoms in total. The molecule has 1 saturated heterocycles. The minimum atomic E-state index is 0.247. The van der Waals surface area contributed by atoms with Gasteiger partial charge < -0.3 is 10.5 Å². The van der Waals surface area contributed by atoms with E-state index in [2.05, 4.69) is 33.4 Å². The molecule has 0 bridgehead atoms. The molecule has 1 fully saturated rings. The van der Waals surface area contributed by atoms with Crippen molar-refractivity contribution in [1.29, 1.82) is 0 Å². The summed E-state index contributed by atoms with van der Waals surface area (Å²) in [7, 11) is 1.78. The number of aromatic nitrogens is 4. The van der Waals surface area contributed by atoms with Crippen LogP contribution in [-0.2, 0) is 17.8 Å². The first-order chi connectivity index (χ1) is 12.7. The molecule has 26 heavy (non-hydrogen) atoms. The van der Waals surface area contributed by atoms with E-state index in [1.165, 1.54) is 5.56 Å². The molecular weight excluding hydrogens is 328 g/mol. The van der Waals surface area contributed by atoms with Crippen LogP contribution in [0.3, 0.4) is 0 Å². The third-order valence-electron chi connectivity index (χ3n) is 4.92. The van der Waals surface area contributed by atoms with Gasteiger partial charge in [0, 0.05) is 44.2 Å². The molecule has 1 aliphatic rings. The van der Waals surface area contributed by atoms with Crippen molar-refractivity contribution in [3.05, 3.63) is 60.6 Å². The molecule has 2 N–H and O–H groups in total. The molecule has 0 saturated carbocycles. The summed E-state index contributed by atoms with van der Waals surface area (Å²) in [5.41, 5.74) is 8.00. The molecule has 1 aliphatic heterocycles. The lowest BCUT2D eigenvalue weighted by molar-refractivity contribution is 0.107. The molecule has 2 atom stereocenters. The molecular formula is C19H24N6O. The third-order valence-corrected chi connectivity index (χ3v) is 4.92. The normalized spacial score (nSPS) is 20.7. The number of nitrogens with two attached hydrogens (primary N) is 1. The number of likely N-dealkylation sites (tertiary alicyclic amines) is 1. The van der Waals surface area contributed by atoms with Gasteiger partial charge >= 0.3 is 0 Å². The summed E-state index contributed by atoms with van der Waals surface area (Å²) in [5, 5.41) is 8.83. The Labute approximate surface area is 153 Å². The molecule has 2 aromatic heterocycles. The van der Waals surface area contributed by atoms with Crippen molar-refractivity contribution in [2.24, 2.45) is 0 Å². The Morgan fingerprint density at radius 3 is 2.81 bits per heavy atom. The van der Waals surface area contributed by atoms with Gasteiger partial charge in [0.05, 0.1) is 24.5 Å². The van der Waals surface area contributed by atoms with Crippen LogP contribution in [-0.4, -0.2) is 50.3 Å². The van der Waals surface area contributed by atoms with Gasteiger partial charge in [0.2, 0.25) is 0 Å². The van der Waals surface area contributed by atoms with Gasteiger partial charge in [-0.25, -0.2) is 4.68 Å². The second kappa shape index (κ2) is 7.31. The Hall–Kier alpha value is -2.64. The highest BCUT2D eigenvalue weighted by Crippen LogP contribution is 2.24. The van der Waals surface area contributed by atoms with Crippen molar-refractivity contribution in [2.75, 3.05) is 19.4 Å². The average Bonchev–Trinajstić information content (AvgIpc) is 3.38. The molecule has 0 amide bonds. The highest BCUT2D eigenvalue weighted by atomic mass is 16.5. The third kappa shape index (κ3) is 3.63. The standard InChI is InChI=1S/C19H24N6O/c1-26-18-9-17(13-24-8-7-19(20)22-24)23(14-18)11-15-10-21-25(12-15)16-5-3-2-4-6-16/h2-8,10,12,17-18H,9,11,13-14H2,1H3,(H2,20,22)/t17-,18-/m0/s1. The Balaban J connectivity index is 1.47. The SMILES string of the molecule is CO[C@H]1C[C@@H](Cn2ccc(N)n2)N(Cc2cnn(-c3ccccc3)c2)C1. The van der Waals surface area contributed by atoms with E-state index in [4.69, 9.17) is 10.5 Å². The van der Waals surface area contributed by atoms with Gasteiger partial charge in [0.1, 0.15) is 5.82 Å². The van der Waals surface area contributed by atoms with E-state index in [0.29, 0.717) is 11.9 Å². The first kappa shape index (κ1) is 16.8. The molecule has 0 radical (unpaired) electrons. The zero-order chi connectivity index (χ0) is 17.9. The highest BCUT2D eigenvalue weighted by Gasteiger charge is 2.32. The summed E-state index contributed by atoms with van der Waals surface area (Å²) in [6, 6.07) is 12.3. The van der Waals surface area contributed by atoms with E-state index in [0.717, 1.165) is 31.7 Å². The van der Waals surface area contributed by atoms with Crippen molar-refractivity contribution < 1.29 is 4.74 Å². The summed E-state index contributed by atoms with van der Waals surface area (Å²) in [4.78, 5) is 2.44. The van der Waals surface area contributed by atoms with Crippen LogP contribution in [0.15, 0.2) is 55.0 Å². The Morgan fingerprint density at radius 2 is 2.08 bits per heavy atom. The fourth-order valence-corrected chi connectivity index (χ4v) is 3.59. The molecule has 0 aliphatic carbocycles. The van der Waals surface area contributed by atoms with Gasteiger partial charge in [0.25, 0.3) is 0 Å². The topological polar surface area (TPSA) is 74.1 Å². The lowest BCUT2D eigenvalue weighted by atomic mass is 10.2. The number of rotatable bonds is 6. The minimum Gasteiger partial charge on any atom is -0.382 e. The quantitative estimate of drug-likeness (QED) is 0.734. The van der Waals surface area contributed by atoms with Gasteiger partial charge in [0.15, 0.2) is 0 Å². The predicted octanol–water partition coefficient (Wildman–Crippen LogP) is 1.94. The van der Waals surface area contributed by atoms with Crippen LogP contribution in [0.1, 0.15) is 12.0 Å². The Bertz CT molecular complexity index is 843. The highest BCUT2D eigenvalue weighted by molar-refractivity contribution is 5.31. The number of nitrogen functional groups attached to an aromatic ring is 1. The number of hydrogen-bond acceptors (Lipinski definition) is 5. The lowest BCUT2D eigenvalue weighted by Gasteiger charge is -2.23. The van der Waals surface area contributed by atoms with E-state index in [1.54, 1.807) is 7.11 Å². The molecule has 1 aromatic carbocycles. The van der Waals surface area contributed by atoms with E-state index >= 15 is 0 Å². The number of hydrogen-bond donors (Lipinski definition) is 1. The fourth-order valence-electron chi connectivity index (χ4n) is 3.59. The van der Waals surface area contributed by atoms with Gasteiger partial charge in [-0.05, 0) is 24.6 Å². The Morgan fingerprint density at radius 1 is 1.23 bits per heavy atom. The minimum absolute atomic E-state index is 0.247. The lowest BCUT2D eigenvalue weighted by Crippen LogP contribution is -2.32. The van der Waals surface area contributed by atoms with Crippen LogP contribution in [0.2, 0.25) is 0 Å². The number of ether oxygens (including phenoxy) is 1. The van der Waals surface area contributed by atoms with Crippen LogP contribution in [0.5, 0.6) is 0 Å². The smallest absolute Gasteiger partial charge is 0.145 e. The molecule has 136 valence electrons. The summed E-state index contributed by atoms with van der Waals surface area (Å²) >= 11 is 0. The van der Waals surface area contributed by atoms with Crippen LogP contribution < -0.4 is 5.73 Å². The summed E-state index contributed by atoms with van der Waals surface area (Å²) in [6.07, 6.45) is 7.20. The van der Waals surface area contributed by atoms with Crippen molar-refractivity contribution in [1.82, 2.24) is 24.5 Å². The van der Waals surface area contributed by atoms with Crippen LogP contribution >= 0.6 is 0 Å². The predicted molar refractivity (Wildman–Crippen MR) is 99.8 cm³/mol. The van der Waals surface area contributed by atoms with Gasteiger partial charge in [-0.2, -0.15) is 10.2 Å². The molecule has 4 rings (SSSR count). The average molecular weight is 352 g/mol. The second-order valence-electron chi connectivity index (χ2n) is 6.77. The molecule has 0 unspecified atom stereocenters. The number of anilines is 1. The molecule has 0 spiro atoms. The first-order valence-electron chi connectivity index (χ1n) is 8.86. The largest absolute Gasteiger partial charge is 0.382 e. The monoisotopic (exact) mass is 352 g/mol. The maximum Gasteiger partial charge on any atom is 0.145 e. The zero-order valence-corrected chi connectivity index (χ0v) is 14.9. The van der Waals surface area contributed by atoms with E-state index in [9.17, 15) is 0 Å². The number of para-hydroxylation sites is 1. The number of nitrogens with zero attached hydrogens (tertiary/aromatic N) is 5.